The molecule has 0 aliphatic carbocycles. The van der Waals surface area contributed by atoms with E-state index in [2.05, 4.69) is 24.1 Å². The van der Waals surface area contributed by atoms with Crippen LogP contribution in [0.4, 0.5) is 0 Å². The van der Waals surface area contributed by atoms with Gasteiger partial charge in [-0.2, -0.15) is 0 Å². The summed E-state index contributed by atoms with van der Waals surface area (Å²) in [7, 11) is 0. The zero-order valence-electron chi connectivity index (χ0n) is 11.5. The lowest BCUT2D eigenvalue weighted by molar-refractivity contribution is -0.0196. The second-order valence-electron chi connectivity index (χ2n) is 5.61. The van der Waals surface area contributed by atoms with Gasteiger partial charge in [-0.15, -0.1) is 0 Å². The Morgan fingerprint density at radius 1 is 1.29 bits per heavy atom. The Kier molecular flexibility index (Phi) is 5.26. The van der Waals surface area contributed by atoms with Gasteiger partial charge < -0.3 is 10.1 Å². The third-order valence-electron chi connectivity index (χ3n) is 4.22. The highest BCUT2D eigenvalue weighted by Gasteiger charge is 2.27. The van der Waals surface area contributed by atoms with Gasteiger partial charge in [0.1, 0.15) is 0 Å². The molecule has 3 unspecified atom stereocenters. The number of hydrogen-bond acceptors (Lipinski definition) is 3. The van der Waals surface area contributed by atoms with Gasteiger partial charge in [0.2, 0.25) is 0 Å². The Hall–Kier alpha value is -0.120. The molecule has 0 saturated carbocycles. The molecule has 3 nitrogen and oxygen atoms in total. The van der Waals surface area contributed by atoms with E-state index >= 15 is 0 Å². The van der Waals surface area contributed by atoms with E-state index in [4.69, 9.17) is 4.74 Å². The highest BCUT2D eigenvalue weighted by Crippen LogP contribution is 2.21. The first-order valence-electron chi connectivity index (χ1n) is 7.38. The summed E-state index contributed by atoms with van der Waals surface area (Å²) in [6.07, 6.45) is 6.97. The molecule has 2 fully saturated rings. The lowest BCUT2D eigenvalue weighted by atomic mass is 9.97. The average Bonchev–Trinajstić information content (AvgIpc) is 2.34. The Balaban J connectivity index is 1.74. The molecule has 2 saturated heterocycles. The summed E-state index contributed by atoms with van der Waals surface area (Å²) in [6, 6.07) is 1.44. The van der Waals surface area contributed by atoms with Gasteiger partial charge in [-0.1, -0.05) is 6.92 Å². The van der Waals surface area contributed by atoms with Crippen LogP contribution in [0.25, 0.3) is 0 Å². The van der Waals surface area contributed by atoms with Crippen molar-refractivity contribution in [2.24, 2.45) is 0 Å². The van der Waals surface area contributed by atoms with Crippen molar-refractivity contribution < 1.29 is 4.74 Å². The fourth-order valence-corrected chi connectivity index (χ4v) is 3.18. The summed E-state index contributed by atoms with van der Waals surface area (Å²) in [6.45, 7) is 9.04. The molecule has 2 rings (SSSR count). The molecule has 3 atom stereocenters. The van der Waals surface area contributed by atoms with Gasteiger partial charge in [-0.05, 0) is 45.6 Å². The van der Waals surface area contributed by atoms with Crippen molar-refractivity contribution in [3.8, 4) is 0 Å². The molecule has 100 valence electrons. The van der Waals surface area contributed by atoms with Gasteiger partial charge in [0.15, 0.2) is 0 Å². The smallest absolute Gasteiger partial charge is 0.0702 e. The third kappa shape index (κ3) is 3.94. The van der Waals surface area contributed by atoms with Gasteiger partial charge in [0, 0.05) is 31.8 Å². The van der Waals surface area contributed by atoms with Gasteiger partial charge in [-0.25, -0.2) is 0 Å². The molecule has 0 radical (unpaired) electrons. The lowest BCUT2D eigenvalue weighted by Crippen LogP contribution is -2.50. The maximum absolute atomic E-state index is 5.85. The molecule has 0 spiro atoms. The Labute approximate surface area is 106 Å². The maximum Gasteiger partial charge on any atom is 0.0702 e. The van der Waals surface area contributed by atoms with E-state index in [9.17, 15) is 0 Å². The lowest BCUT2D eigenvalue weighted by Gasteiger charge is -2.40. The monoisotopic (exact) mass is 240 g/mol. The molecular weight excluding hydrogens is 212 g/mol. The summed E-state index contributed by atoms with van der Waals surface area (Å²) >= 11 is 0. The van der Waals surface area contributed by atoms with E-state index in [0.29, 0.717) is 12.1 Å². The van der Waals surface area contributed by atoms with Gasteiger partial charge in [-0.3, -0.25) is 4.90 Å². The second kappa shape index (κ2) is 6.72. The summed E-state index contributed by atoms with van der Waals surface area (Å²) in [5, 5.41) is 3.58. The maximum atomic E-state index is 5.85. The number of likely N-dealkylation sites (tertiary alicyclic amines) is 1. The SMILES string of the molecule is CCNC1CCN(CC2CCCCO2)C(C)C1. The van der Waals surface area contributed by atoms with Crippen LogP contribution in [0.2, 0.25) is 0 Å². The first-order chi connectivity index (χ1) is 8.29. The molecule has 0 aromatic rings. The minimum absolute atomic E-state index is 0.502. The Morgan fingerprint density at radius 3 is 2.82 bits per heavy atom. The molecule has 0 bridgehead atoms. The van der Waals surface area contributed by atoms with Gasteiger partial charge in [0.25, 0.3) is 0 Å². The topological polar surface area (TPSA) is 24.5 Å². The molecule has 0 amide bonds. The van der Waals surface area contributed by atoms with Crippen LogP contribution in [0.1, 0.15) is 46.0 Å². The standard InChI is InChI=1S/C14H28N2O/c1-3-15-13-7-8-16(12(2)10-13)11-14-6-4-5-9-17-14/h12-15H,3-11H2,1-2H3. The van der Waals surface area contributed by atoms with Crippen molar-refractivity contribution in [3.05, 3.63) is 0 Å². The predicted octanol–water partition coefficient (Wildman–Crippen LogP) is 2.02. The molecule has 2 aliphatic heterocycles. The largest absolute Gasteiger partial charge is 0.377 e. The summed E-state index contributed by atoms with van der Waals surface area (Å²) < 4.78 is 5.85. The van der Waals surface area contributed by atoms with Crippen LogP contribution in [0, 0.1) is 0 Å². The zero-order valence-corrected chi connectivity index (χ0v) is 11.5. The van der Waals surface area contributed by atoms with Crippen LogP contribution in [-0.4, -0.2) is 49.3 Å². The first-order valence-corrected chi connectivity index (χ1v) is 7.38. The van der Waals surface area contributed by atoms with Crippen molar-refractivity contribution in [1.82, 2.24) is 10.2 Å². The Morgan fingerprint density at radius 2 is 2.18 bits per heavy atom. The van der Waals surface area contributed by atoms with E-state index in [-0.39, 0.29) is 0 Å². The van der Waals surface area contributed by atoms with E-state index in [0.717, 1.165) is 25.7 Å². The minimum atomic E-state index is 0.502. The zero-order chi connectivity index (χ0) is 12.1. The summed E-state index contributed by atoms with van der Waals surface area (Å²) in [4.78, 5) is 2.63. The molecule has 2 aliphatic rings. The van der Waals surface area contributed by atoms with E-state index in [1.54, 1.807) is 0 Å². The second-order valence-corrected chi connectivity index (χ2v) is 5.61. The number of nitrogens with one attached hydrogen (secondary N) is 1. The number of nitrogens with zero attached hydrogens (tertiary/aromatic N) is 1. The average molecular weight is 240 g/mol. The van der Waals surface area contributed by atoms with Gasteiger partial charge in [0.05, 0.1) is 6.10 Å². The molecular formula is C14H28N2O. The van der Waals surface area contributed by atoms with Crippen LogP contribution >= 0.6 is 0 Å². The van der Waals surface area contributed by atoms with Crippen LogP contribution in [0.3, 0.4) is 0 Å². The molecule has 2 heterocycles. The molecule has 1 N–H and O–H groups in total. The first kappa shape index (κ1) is 13.3. The van der Waals surface area contributed by atoms with Crippen molar-refractivity contribution in [1.29, 1.82) is 0 Å². The number of piperidine rings is 1. The summed E-state index contributed by atoms with van der Waals surface area (Å²) in [5.74, 6) is 0. The number of hydrogen-bond donors (Lipinski definition) is 1. The van der Waals surface area contributed by atoms with E-state index in [1.807, 2.05) is 0 Å². The normalized spacial score (nSPS) is 36.0. The Bertz CT molecular complexity index is 216. The number of ether oxygens (including phenoxy) is 1. The number of rotatable bonds is 4. The van der Waals surface area contributed by atoms with E-state index in [1.165, 1.54) is 38.6 Å². The molecule has 0 aromatic heterocycles. The van der Waals surface area contributed by atoms with E-state index < -0.39 is 0 Å². The van der Waals surface area contributed by atoms with Crippen LogP contribution < -0.4 is 5.32 Å². The highest BCUT2D eigenvalue weighted by molar-refractivity contribution is 4.84. The van der Waals surface area contributed by atoms with Crippen LogP contribution in [0.5, 0.6) is 0 Å². The quantitative estimate of drug-likeness (QED) is 0.813. The highest BCUT2D eigenvalue weighted by atomic mass is 16.5. The minimum Gasteiger partial charge on any atom is -0.377 e. The van der Waals surface area contributed by atoms with Crippen LogP contribution in [-0.2, 0) is 4.74 Å². The summed E-state index contributed by atoms with van der Waals surface area (Å²) in [5.41, 5.74) is 0. The third-order valence-corrected chi connectivity index (χ3v) is 4.22. The van der Waals surface area contributed by atoms with Crippen molar-refractivity contribution >= 4 is 0 Å². The molecule has 0 aromatic carbocycles. The molecule has 3 heteroatoms. The fourth-order valence-electron chi connectivity index (χ4n) is 3.18. The van der Waals surface area contributed by atoms with Crippen LogP contribution in [0.15, 0.2) is 0 Å². The fraction of sp³-hybridized carbons (Fsp3) is 1.00. The molecule has 17 heavy (non-hydrogen) atoms. The van der Waals surface area contributed by atoms with Crippen molar-refractivity contribution in [2.45, 2.75) is 64.1 Å². The van der Waals surface area contributed by atoms with Gasteiger partial charge >= 0.3 is 0 Å². The predicted molar refractivity (Wildman–Crippen MR) is 71.3 cm³/mol. The van der Waals surface area contributed by atoms with Crippen molar-refractivity contribution in [3.63, 3.8) is 0 Å². The van der Waals surface area contributed by atoms with Crippen molar-refractivity contribution in [2.75, 3.05) is 26.2 Å².